The molecule has 1 heterocycles. The van der Waals surface area contributed by atoms with Crippen LogP contribution >= 0.6 is 0 Å². The molecule has 7 nitrogen and oxygen atoms in total. The molecule has 2 rings (SSSR count). The van der Waals surface area contributed by atoms with Crippen LogP contribution in [0.2, 0.25) is 0 Å². The Bertz CT molecular complexity index is 667. The monoisotopic (exact) mass is 274 g/mol. The molecule has 0 amide bonds. The largest absolute Gasteiger partial charge is 0.478 e. The summed E-state index contributed by atoms with van der Waals surface area (Å²) in [5, 5.41) is 19.6. The van der Waals surface area contributed by atoms with Crippen LogP contribution < -0.4 is 4.74 Å². The zero-order valence-electron chi connectivity index (χ0n) is 10.4. The number of rotatable bonds is 4. The number of nitrogens with zero attached hydrogens (tertiary/aromatic N) is 2. The maximum Gasteiger partial charge on any atom is 0.337 e. The number of hydrogen-bond acceptors (Lipinski definition) is 5. The lowest BCUT2D eigenvalue weighted by Gasteiger charge is -2.07. The van der Waals surface area contributed by atoms with Gasteiger partial charge in [0.05, 0.1) is 16.1 Å². The number of hydrogen-bond donors (Lipinski definition) is 1. The molecular weight excluding hydrogens is 264 g/mol. The first-order valence-electron chi connectivity index (χ1n) is 5.60. The van der Waals surface area contributed by atoms with Gasteiger partial charge in [-0.25, -0.2) is 9.78 Å². The molecule has 0 aliphatic rings. The van der Waals surface area contributed by atoms with Crippen LogP contribution in [0.15, 0.2) is 36.5 Å². The third-order valence-corrected chi connectivity index (χ3v) is 2.65. The third-order valence-electron chi connectivity index (χ3n) is 2.65. The van der Waals surface area contributed by atoms with E-state index in [0.717, 1.165) is 6.20 Å². The number of carboxylic acids is 1. The van der Waals surface area contributed by atoms with Gasteiger partial charge in [0.2, 0.25) is 5.88 Å². The van der Waals surface area contributed by atoms with Crippen LogP contribution in [0.3, 0.4) is 0 Å². The van der Waals surface area contributed by atoms with Gasteiger partial charge in [0, 0.05) is 18.3 Å². The van der Waals surface area contributed by atoms with Crippen LogP contribution in [0.1, 0.15) is 15.9 Å². The SMILES string of the molecule is Cc1c(Oc2ccc(C(=O)O)cn2)cccc1[N+](=O)[O-]. The maximum absolute atomic E-state index is 10.8. The summed E-state index contributed by atoms with van der Waals surface area (Å²) in [5.74, 6) is -0.621. The molecular formula is C13H10N2O5. The fourth-order valence-electron chi connectivity index (χ4n) is 1.59. The molecule has 1 N–H and O–H groups in total. The summed E-state index contributed by atoms with van der Waals surface area (Å²) in [5.41, 5.74) is 0.361. The van der Waals surface area contributed by atoms with Crippen LogP contribution in [0.25, 0.3) is 0 Å². The Morgan fingerprint density at radius 3 is 2.65 bits per heavy atom. The molecule has 1 aromatic carbocycles. The molecule has 0 fully saturated rings. The Morgan fingerprint density at radius 2 is 2.10 bits per heavy atom. The topological polar surface area (TPSA) is 103 Å². The van der Waals surface area contributed by atoms with Gasteiger partial charge < -0.3 is 9.84 Å². The Labute approximate surface area is 113 Å². The van der Waals surface area contributed by atoms with Crippen LogP contribution in [-0.2, 0) is 0 Å². The lowest BCUT2D eigenvalue weighted by Crippen LogP contribution is -1.98. The molecule has 102 valence electrons. The number of aromatic carboxylic acids is 1. The van der Waals surface area contributed by atoms with Crippen molar-refractivity contribution in [1.82, 2.24) is 4.98 Å². The first kappa shape index (κ1) is 13.5. The lowest BCUT2D eigenvalue weighted by atomic mass is 10.2. The van der Waals surface area contributed by atoms with Gasteiger partial charge in [-0.1, -0.05) is 6.07 Å². The van der Waals surface area contributed by atoms with E-state index in [1.54, 1.807) is 13.0 Å². The van der Waals surface area contributed by atoms with Crippen LogP contribution in [0.4, 0.5) is 5.69 Å². The van der Waals surface area contributed by atoms with Gasteiger partial charge in [-0.3, -0.25) is 10.1 Å². The minimum absolute atomic E-state index is 0.0353. The van der Waals surface area contributed by atoms with Gasteiger partial charge in [-0.05, 0) is 19.1 Å². The van der Waals surface area contributed by atoms with E-state index in [0.29, 0.717) is 11.3 Å². The number of nitro benzene ring substituents is 1. The number of carbonyl (C=O) groups is 1. The maximum atomic E-state index is 10.8. The van der Waals surface area contributed by atoms with Crippen molar-refractivity contribution in [3.8, 4) is 11.6 Å². The third kappa shape index (κ3) is 2.72. The summed E-state index contributed by atoms with van der Waals surface area (Å²) in [6.45, 7) is 1.57. The first-order valence-corrected chi connectivity index (χ1v) is 5.60. The molecule has 0 unspecified atom stereocenters. The second-order valence-electron chi connectivity index (χ2n) is 3.95. The highest BCUT2D eigenvalue weighted by atomic mass is 16.6. The Kier molecular flexibility index (Phi) is 3.60. The second kappa shape index (κ2) is 5.35. The number of ether oxygens (including phenoxy) is 1. The highest BCUT2D eigenvalue weighted by Gasteiger charge is 2.15. The minimum Gasteiger partial charge on any atom is -0.478 e. The number of nitro groups is 1. The van der Waals surface area contributed by atoms with Crippen LogP contribution in [0, 0.1) is 17.0 Å². The Hall–Kier alpha value is -2.96. The highest BCUT2D eigenvalue weighted by Crippen LogP contribution is 2.30. The Balaban J connectivity index is 2.28. The van der Waals surface area contributed by atoms with Crippen molar-refractivity contribution in [2.24, 2.45) is 0 Å². The van der Waals surface area contributed by atoms with Gasteiger partial charge in [0.15, 0.2) is 0 Å². The number of benzene rings is 1. The molecule has 0 aliphatic carbocycles. The molecule has 0 saturated carbocycles. The quantitative estimate of drug-likeness (QED) is 0.679. The fraction of sp³-hybridized carbons (Fsp3) is 0.0769. The zero-order valence-corrected chi connectivity index (χ0v) is 10.4. The molecule has 0 atom stereocenters. The number of carboxylic acid groups (broad SMARTS) is 1. The van der Waals surface area contributed by atoms with Crippen molar-refractivity contribution in [3.05, 3.63) is 57.8 Å². The summed E-state index contributed by atoms with van der Waals surface area (Å²) < 4.78 is 5.43. The van der Waals surface area contributed by atoms with E-state index in [-0.39, 0.29) is 17.1 Å². The minimum atomic E-state index is -1.09. The van der Waals surface area contributed by atoms with Crippen molar-refractivity contribution < 1.29 is 19.6 Å². The van der Waals surface area contributed by atoms with Crippen molar-refractivity contribution in [2.45, 2.75) is 6.92 Å². The van der Waals surface area contributed by atoms with Gasteiger partial charge in [0.25, 0.3) is 5.69 Å². The van der Waals surface area contributed by atoms with Gasteiger partial charge in [-0.2, -0.15) is 0 Å². The summed E-state index contributed by atoms with van der Waals surface area (Å²) in [6, 6.07) is 7.20. The van der Waals surface area contributed by atoms with Crippen LogP contribution in [0.5, 0.6) is 11.6 Å². The van der Waals surface area contributed by atoms with E-state index in [1.807, 2.05) is 0 Å². The molecule has 0 saturated heterocycles. The molecule has 7 heteroatoms. The zero-order chi connectivity index (χ0) is 14.7. The van der Waals surface area contributed by atoms with E-state index >= 15 is 0 Å². The van der Waals surface area contributed by atoms with E-state index in [1.165, 1.54) is 24.3 Å². The molecule has 1 aromatic heterocycles. The average molecular weight is 274 g/mol. The van der Waals surface area contributed by atoms with Crippen molar-refractivity contribution in [1.29, 1.82) is 0 Å². The van der Waals surface area contributed by atoms with E-state index in [9.17, 15) is 14.9 Å². The van der Waals surface area contributed by atoms with Gasteiger partial charge in [0.1, 0.15) is 5.75 Å². The summed E-state index contributed by atoms with van der Waals surface area (Å²) in [4.78, 5) is 24.8. The van der Waals surface area contributed by atoms with Crippen molar-refractivity contribution in [3.63, 3.8) is 0 Å². The predicted octanol–water partition coefficient (Wildman–Crippen LogP) is 2.79. The normalized spacial score (nSPS) is 10.1. The molecule has 20 heavy (non-hydrogen) atoms. The van der Waals surface area contributed by atoms with Crippen molar-refractivity contribution >= 4 is 11.7 Å². The van der Waals surface area contributed by atoms with E-state index < -0.39 is 10.9 Å². The standard InChI is InChI=1S/C13H10N2O5/c1-8-10(15(18)19)3-2-4-11(8)20-12-6-5-9(7-14-12)13(16)17/h2-7H,1H3,(H,16,17). The predicted molar refractivity (Wildman–Crippen MR) is 69.1 cm³/mol. The smallest absolute Gasteiger partial charge is 0.337 e. The number of aromatic nitrogens is 1. The lowest BCUT2D eigenvalue weighted by molar-refractivity contribution is -0.385. The fourth-order valence-corrected chi connectivity index (χ4v) is 1.59. The second-order valence-corrected chi connectivity index (χ2v) is 3.95. The van der Waals surface area contributed by atoms with E-state index in [2.05, 4.69) is 4.98 Å². The summed E-state index contributed by atoms with van der Waals surface area (Å²) >= 11 is 0. The number of pyridine rings is 1. The van der Waals surface area contributed by atoms with Gasteiger partial charge >= 0.3 is 5.97 Å². The molecule has 0 spiro atoms. The van der Waals surface area contributed by atoms with E-state index in [4.69, 9.17) is 9.84 Å². The summed E-state index contributed by atoms with van der Waals surface area (Å²) in [7, 11) is 0. The molecule has 0 radical (unpaired) electrons. The van der Waals surface area contributed by atoms with Gasteiger partial charge in [-0.15, -0.1) is 0 Å². The van der Waals surface area contributed by atoms with Crippen molar-refractivity contribution in [2.75, 3.05) is 0 Å². The van der Waals surface area contributed by atoms with Crippen LogP contribution in [-0.4, -0.2) is 21.0 Å². The molecule has 0 bridgehead atoms. The first-order chi connectivity index (χ1) is 9.49. The molecule has 0 aliphatic heterocycles. The Morgan fingerprint density at radius 1 is 1.35 bits per heavy atom. The average Bonchev–Trinajstić information content (AvgIpc) is 2.41. The molecule has 2 aromatic rings. The highest BCUT2D eigenvalue weighted by molar-refractivity contribution is 5.87. The summed E-state index contributed by atoms with van der Waals surface area (Å²) in [6.07, 6.45) is 1.16.